The van der Waals surface area contributed by atoms with E-state index in [1.807, 2.05) is 11.8 Å². The van der Waals surface area contributed by atoms with E-state index < -0.39 is 0 Å². The van der Waals surface area contributed by atoms with E-state index in [4.69, 9.17) is 0 Å². The molecule has 0 aromatic rings. The van der Waals surface area contributed by atoms with Gasteiger partial charge in [-0.25, -0.2) is 0 Å². The Morgan fingerprint density at radius 3 is 2.72 bits per heavy atom. The minimum absolute atomic E-state index is 0.636. The standard InChI is InChI=1S/C14H29N3S/c1-5-17(6-2)9-7-8-15-14-16-13(11-18-14)10-12(3)4/h12-13H,5-11H2,1-4H3,(H,15,16). The average Bonchev–Trinajstić information content (AvgIpc) is 2.76. The smallest absolute Gasteiger partial charge is 0.156 e. The average molecular weight is 271 g/mol. The van der Waals surface area contributed by atoms with Gasteiger partial charge in [-0.3, -0.25) is 4.99 Å². The molecule has 1 saturated heterocycles. The third kappa shape index (κ3) is 6.10. The summed E-state index contributed by atoms with van der Waals surface area (Å²) in [6.07, 6.45) is 2.42. The van der Waals surface area contributed by atoms with Crippen LogP contribution in [0.25, 0.3) is 0 Å². The number of rotatable bonds is 8. The van der Waals surface area contributed by atoms with E-state index in [1.54, 1.807) is 0 Å². The van der Waals surface area contributed by atoms with Crippen LogP contribution >= 0.6 is 11.8 Å². The summed E-state index contributed by atoms with van der Waals surface area (Å²) < 4.78 is 0. The van der Waals surface area contributed by atoms with Gasteiger partial charge < -0.3 is 10.2 Å². The Morgan fingerprint density at radius 1 is 1.39 bits per heavy atom. The van der Waals surface area contributed by atoms with Crippen molar-refractivity contribution in [1.29, 1.82) is 0 Å². The molecular formula is C14H29N3S. The topological polar surface area (TPSA) is 27.6 Å². The minimum atomic E-state index is 0.636. The maximum atomic E-state index is 4.66. The molecule has 0 radical (unpaired) electrons. The predicted octanol–water partition coefficient (Wildman–Crippen LogP) is 2.83. The highest BCUT2D eigenvalue weighted by Gasteiger charge is 2.20. The number of nitrogens with zero attached hydrogens (tertiary/aromatic N) is 2. The van der Waals surface area contributed by atoms with E-state index in [9.17, 15) is 0 Å². The quantitative estimate of drug-likeness (QED) is 0.688. The SMILES string of the molecule is CCN(CC)CCCN=C1NC(CC(C)C)CS1. The van der Waals surface area contributed by atoms with E-state index in [2.05, 4.69) is 42.9 Å². The Labute approximate surface area is 117 Å². The first kappa shape index (κ1) is 15.8. The molecule has 0 saturated carbocycles. The van der Waals surface area contributed by atoms with Crippen LogP contribution in [-0.2, 0) is 0 Å². The van der Waals surface area contributed by atoms with Gasteiger partial charge in [0.1, 0.15) is 0 Å². The molecule has 1 fully saturated rings. The highest BCUT2D eigenvalue weighted by atomic mass is 32.2. The third-order valence-electron chi connectivity index (χ3n) is 3.29. The molecule has 0 spiro atoms. The molecule has 4 heteroatoms. The molecule has 1 rings (SSSR count). The molecule has 1 aliphatic rings. The molecule has 0 aromatic heterocycles. The van der Waals surface area contributed by atoms with Gasteiger partial charge in [0.05, 0.1) is 0 Å². The van der Waals surface area contributed by atoms with Crippen LogP contribution in [0.15, 0.2) is 4.99 Å². The molecular weight excluding hydrogens is 242 g/mol. The number of nitrogens with one attached hydrogen (secondary N) is 1. The molecule has 1 unspecified atom stereocenters. The van der Waals surface area contributed by atoms with Crippen LogP contribution in [0.2, 0.25) is 0 Å². The zero-order valence-electron chi connectivity index (χ0n) is 12.4. The van der Waals surface area contributed by atoms with Crippen molar-refractivity contribution in [3.8, 4) is 0 Å². The predicted molar refractivity (Wildman–Crippen MR) is 83.5 cm³/mol. The number of amidine groups is 1. The molecule has 0 aromatic carbocycles. The van der Waals surface area contributed by atoms with Gasteiger partial charge in [0.15, 0.2) is 5.17 Å². The Kier molecular flexibility index (Phi) is 7.75. The molecule has 1 aliphatic heterocycles. The first-order valence-corrected chi connectivity index (χ1v) is 8.30. The summed E-state index contributed by atoms with van der Waals surface area (Å²) in [6.45, 7) is 13.4. The highest BCUT2D eigenvalue weighted by molar-refractivity contribution is 8.14. The van der Waals surface area contributed by atoms with Crippen LogP contribution < -0.4 is 5.32 Å². The maximum absolute atomic E-state index is 4.66. The van der Waals surface area contributed by atoms with E-state index in [0.717, 1.165) is 25.6 Å². The van der Waals surface area contributed by atoms with Crippen molar-refractivity contribution in [3.63, 3.8) is 0 Å². The third-order valence-corrected chi connectivity index (χ3v) is 4.38. The second kappa shape index (κ2) is 8.81. The van der Waals surface area contributed by atoms with E-state index in [1.165, 1.54) is 30.3 Å². The molecule has 0 amide bonds. The normalized spacial score (nSPS) is 22.1. The highest BCUT2D eigenvalue weighted by Crippen LogP contribution is 2.18. The zero-order chi connectivity index (χ0) is 13.4. The summed E-state index contributed by atoms with van der Waals surface area (Å²) in [7, 11) is 0. The van der Waals surface area contributed by atoms with Crippen LogP contribution in [0.1, 0.15) is 40.5 Å². The molecule has 1 heterocycles. The van der Waals surface area contributed by atoms with Gasteiger partial charge in [0, 0.05) is 18.3 Å². The van der Waals surface area contributed by atoms with Gasteiger partial charge in [-0.15, -0.1) is 0 Å². The number of aliphatic imine (C=N–C) groups is 1. The lowest BCUT2D eigenvalue weighted by Gasteiger charge is -2.16. The lowest BCUT2D eigenvalue weighted by Crippen LogP contribution is -2.28. The van der Waals surface area contributed by atoms with Crippen LogP contribution in [0.3, 0.4) is 0 Å². The summed E-state index contributed by atoms with van der Waals surface area (Å²) in [4.78, 5) is 7.12. The molecule has 18 heavy (non-hydrogen) atoms. The van der Waals surface area contributed by atoms with E-state index >= 15 is 0 Å². The Balaban J connectivity index is 2.16. The minimum Gasteiger partial charge on any atom is -0.361 e. The van der Waals surface area contributed by atoms with Crippen molar-refractivity contribution < 1.29 is 0 Å². The number of hydrogen-bond acceptors (Lipinski definition) is 3. The largest absolute Gasteiger partial charge is 0.361 e. The first-order valence-electron chi connectivity index (χ1n) is 7.31. The van der Waals surface area contributed by atoms with Crippen molar-refractivity contribution in [2.45, 2.75) is 46.6 Å². The summed E-state index contributed by atoms with van der Waals surface area (Å²) >= 11 is 1.89. The first-order chi connectivity index (χ1) is 8.65. The van der Waals surface area contributed by atoms with Crippen LogP contribution in [-0.4, -0.2) is 48.0 Å². The van der Waals surface area contributed by atoms with Crippen LogP contribution in [0.5, 0.6) is 0 Å². The van der Waals surface area contributed by atoms with Gasteiger partial charge in [-0.05, 0) is 38.4 Å². The second-order valence-corrected chi connectivity index (χ2v) is 6.36. The Hall–Kier alpha value is -0.220. The van der Waals surface area contributed by atoms with E-state index in [0.29, 0.717) is 6.04 Å². The van der Waals surface area contributed by atoms with E-state index in [-0.39, 0.29) is 0 Å². The van der Waals surface area contributed by atoms with Crippen molar-refractivity contribution >= 4 is 16.9 Å². The number of hydrogen-bond donors (Lipinski definition) is 1. The molecule has 106 valence electrons. The van der Waals surface area contributed by atoms with Gasteiger partial charge in [0.2, 0.25) is 0 Å². The fourth-order valence-electron chi connectivity index (χ4n) is 2.24. The molecule has 0 aliphatic carbocycles. The summed E-state index contributed by atoms with van der Waals surface area (Å²) in [5.41, 5.74) is 0. The van der Waals surface area contributed by atoms with Gasteiger partial charge in [-0.1, -0.05) is 39.5 Å². The van der Waals surface area contributed by atoms with Gasteiger partial charge in [-0.2, -0.15) is 0 Å². The summed E-state index contributed by atoms with van der Waals surface area (Å²) in [5, 5.41) is 4.70. The fraction of sp³-hybridized carbons (Fsp3) is 0.929. The van der Waals surface area contributed by atoms with Crippen molar-refractivity contribution in [2.75, 3.05) is 31.9 Å². The molecule has 1 atom stereocenters. The van der Waals surface area contributed by atoms with Crippen molar-refractivity contribution in [2.24, 2.45) is 10.9 Å². The van der Waals surface area contributed by atoms with Crippen LogP contribution in [0.4, 0.5) is 0 Å². The Morgan fingerprint density at radius 2 is 2.11 bits per heavy atom. The maximum Gasteiger partial charge on any atom is 0.156 e. The Bertz CT molecular complexity index is 249. The lowest BCUT2D eigenvalue weighted by molar-refractivity contribution is 0.302. The van der Waals surface area contributed by atoms with Gasteiger partial charge >= 0.3 is 0 Å². The molecule has 3 nitrogen and oxygen atoms in total. The lowest BCUT2D eigenvalue weighted by atomic mass is 10.1. The van der Waals surface area contributed by atoms with Crippen molar-refractivity contribution in [1.82, 2.24) is 10.2 Å². The zero-order valence-corrected chi connectivity index (χ0v) is 13.2. The second-order valence-electron chi connectivity index (χ2n) is 5.35. The summed E-state index contributed by atoms with van der Waals surface area (Å²) in [6, 6.07) is 0.636. The monoisotopic (exact) mass is 271 g/mol. The van der Waals surface area contributed by atoms with Gasteiger partial charge in [0.25, 0.3) is 0 Å². The van der Waals surface area contributed by atoms with Crippen molar-refractivity contribution in [3.05, 3.63) is 0 Å². The number of thioether (sulfide) groups is 1. The molecule has 1 N–H and O–H groups in total. The summed E-state index contributed by atoms with van der Waals surface area (Å²) in [5.74, 6) is 1.96. The fourth-order valence-corrected chi connectivity index (χ4v) is 3.25. The molecule has 0 bridgehead atoms. The van der Waals surface area contributed by atoms with Crippen LogP contribution in [0, 0.1) is 5.92 Å².